The van der Waals surface area contributed by atoms with E-state index in [9.17, 15) is 4.79 Å². The normalized spacial score (nSPS) is 24.9. The molecule has 0 bridgehead atoms. The van der Waals surface area contributed by atoms with Crippen LogP contribution >= 0.6 is 11.3 Å². The fraction of sp³-hybridized carbons (Fsp3) is 0.632. The van der Waals surface area contributed by atoms with E-state index in [1.807, 2.05) is 0 Å². The van der Waals surface area contributed by atoms with Crippen LogP contribution in [0.15, 0.2) is 12.1 Å². The van der Waals surface area contributed by atoms with Crippen LogP contribution in [0.1, 0.15) is 72.8 Å². The van der Waals surface area contributed by atoms with Gasteiger partial charge in [0.15, 0.2) is 0 Å². The van der Waals surface area contributed by atoms with Crippen LogP contribution in [0.4, 0.5) is 5.69 Å². The van der Waals surface area contributed by atoms with Crippen LogP contribution in [0, 0.1) is 5.92 Å². The molecule has 126 valence electrons. The minimum atomic E-state index is -0.218. The molecular weight excluding hydrogens is 306 g/mol. The van der Waals surface area contributed by atoms with E-state index in [1.54, 1.807) is 11.3 Å². The number of rotatable bonds is 4. The Bertz CT molecular complexity index is 582. The van der Waals surface area contributed by atoms with Crippen LogP contribution in [0.3, 0.4) is 0 Å². The molecule has 1 N–H and O–H groups in total. The van der Waals surface area contributed by atoms with E-state index in [0.29, 0.717) is 6.04 Å². The van der Waals surface area contributed by atoms with Crippen molar-refractivity contribution in [2.45, 2.75) is 64.3 Å². The van der Waals surface area contributed by atoms with E-state index in [2.05, 4.69) is 24.4 Å². The molecule has 0 spiro atoms. The van der Waals surface area contributed by atoms with Crippen LogP contribution in [0.5, 0.6) is 0 Å². The van der Waals surface area contributed by atoms with Crippen molar-refractivity contribution in [3.05, 3.63) is 21.9 Å². The SMILES string of the molecule is COC(=O)c1sc(C2=CCCCC2)cc1NC1CCC(C)CC1. The highest BCUT2D eigenvalue weighted by atomic mass is 32.1. The van der Waals surface area contributed by atoms with Gasteiger partial charge in [0, 0.05) is 10.9 Å². The number of nitrogens with one attached hydrogen (secondary N) is 1. The van der Waals surface area contributed by atoms with Gasteiger partial charge in [-0.2, -0.15) is 0 Å². The molecule has 0 saturated heterocycles. The second-order valence-corrected chi connectivity index (χ2v) is 7.97. The van der Waals surface area contributed by atoms with Crippen molar-refractivity contribution in [2.24, 2.45) is 5.92 Å². The second kappa shape index (κ2) is 7.52. The topological polar surface area (TPSA) is 38.3 Å². The van der Waals surface area contributed by atoms with Gasteiger partial charge in [0.05, 0.1) is 12.8 Å². The summed E-state index contributed by atoms with van der Waals surface area (Å²) in [6.45, 7) is 2.33. The summed E-state index contributed by atoms with van der Waals surface area (Å²) < 4.78 is 5.00. The highest BCUT2D eigenvalue weighted by Crippen LogP contribution is 2.38. The summed E-state index contributed by atoms with van der Waals surface area (Å²) in [7, 11) is 1.47. The van der Waals surface area contributed by atoms with Gasteiger partial charge in [0.1, 0.15) is 4.88 Å². The summed E-state index contributed by atoms with van der Waals surface area (Å²) in [6, 6.07) is 2.66. The van der Waals surface area contributed by atoms with Gasteiger partial charge < -0.3 is 10.1 Å². The first-order valence-electron chi connectivity index (χ1n) is 8.85. The predicted octanol–water partition coefficient (Wildman–Crippen LogP) is 5.48. The summed E-state index contributed by atoms with van der Waals surface area (Å²) in [5, 5.41) is 3.63. The zero-order chi connectivity index (χ0) is 16.2. The smallest absolute Gasteiger partial charge is 0.350 e. The van der Waals surface area contributed by atoms with Gasteiger partial charge in [0.2, 0.25) is 0 Å². The van der Waals surface area contributed by atoms with Gasteiger partial charge in [-0.15, -0.1) is 11.3 Å². The Kier molecular flexibility index (Phi) is 5.42. The van der Waals surface area contributed by atoms with Crippen molar-refractivity contribution < 1.29 is 9.53 Å². The van der Waals surface area contributed by atoms with Crippen molar-refractivity contribution in [1.82, 2.24) is 0 Å². The molecule has 1 heterocycles. The molecule has 3 nitrogen and oxygen atoms in total. The monoisotopic (exact) mass is 333 g/mol. The molecule has 2 aliphatic rings. The third kappa shape index (κ3) is 3.97. The number of carbonyl (C=O) groups excluding carboxylic acids is 1. The van der Waals surface area contributed by atoms with Crippen LogP contribution < -0.4 is 5.32 Å². The van der Waals surface area contributed by atoms with Crippen LogP contribution in [-0.4, -0.2) is 19.1 Å². The molecule has 0 amide bonds. The maximum atomic E-state index is 12.2. The molecule has 0 atom stereocenters. The number of thiophene rings is 1. The number of allylic oxidation sites excluding steroid dienone is 2. The number of methoxy groups -OCH3 is 1. The molecule has 1 fully saturated rings. The zero-order valence-electron chi connectivity index (χ0n) is 14.2. The van der Waals surface area contributed by atoms with E-state index < -0.39 is 0 Å². The summed E-state index contributed by atoms with van der Waals surface area (Å²) in [4.78, 5) is 14.1. The second-order valence-electron chi connectivity index (χ2n) is 6.92. The number of ether oxygens (including phenoxy) is 1. The van der Waals surface area contributed by atoms with Gasteiger partial charge in [0.25, 0.3) is 0 Å². The molecule has 1 aromatic rings. The van der Waals surface area contributed by atoms with Gasteiger partial charge in [-0.05, 0) is 68.9 Å². The predicted molar refractivity (Wildman–Crippen MR) is 97.1 cm³/mol. The molecular formula is C19H27NO2S. The van der Waals surface area contributed by atoms with Crippen molar-refractivity contribution in [3.8, 4) is 0 Å². The van der Waals surface area contributed by atoms with Crippen LogP contribution in [-0.2, 0) is 4.74 Å². The highest BCUT2D eigenvalue weighted by molar-refractivity contribution is 7.15. The number of hydrogen-bond donors (Lipinski definition) is 1. The van der Waals surface area contributed by atoms with Crippen molar-refractivity contribution >= 4 is 28.6 Å². The Morgan fingerprint density at radius 2 is 2.04 bits per heavy atom. The first-order valence-corrected chi connectivity index (χ1v) is 9.67. The van der Waals surface area contributed by atoms with Gasteiger partial charge >= 0.3 is 5.97 Å². The largest absolute Gasteiger partial charge is 0.465 e. The Morgan fingerprint density at radius 3 is 2.70 bits per heavy atom. The number of hydrogen-bond acceptors (Lipinski definition) is 4. The van der Waals surface area contributed by atoms with E-state index in [0.717, 1.165) is 29.3 Å². The van der Waals surface area contributed by atoms with Crippen LogP contribution in [0.2, 0.25) is 0 Å². The first-order chi connectivity index (χ1) is 11.2. The lowest BCUT2D eigenvalue weighted by molar-refractivity contribution is 0.0607. The fourth-order valence-corrected chi connectivity index (χ4v) is 4.69. The zero-order valence-corrected chi connectivity index (χ0v) is 15.0. The molecule has 1 aromatic heterocycles. The summed E-state index contributed by atoms with van der Waals surface area (Å²) in [6.07, 6.45) is 12.1. The number of carbonyl (C=O) groups is 1. The third-order valence-electron chi connectivity index (χ3n) is 5.09. The minimum Gasteiger partial charge on any atom is -0.465 e. The number of anilines is 1. The van der Waals surface area contributed by atoms with E-state index in [-0.39, 0.29) is 5.97 Å². The average Bonchev–Trinajstić information content (AvgIpc) is 3.01. The van der Waals surface area contributed by atoms with Crippen molar-refractivity contribution in [1.29, 1.82) is 0 Å². The summed E-state index contributed by atoms with van der Waals surface area (Å²) >= 11 is 1.58. The van der Waals surface area contributed by atoms with Crippen LogP contribution in [0.25, 0.3) is 5.57 Å². The molecule has 4 heteroatoms. The molecule has 3 rings (SSSR count). The van der Waals surface area contributed by atoms with Gasteiger partial charge in [-0.25, -0.2) is 4.79 Å². The molecule has 0 aromatic carbocycles. The highest BCUT2D eigenvalue weighted by Gasteiger charge is 2.23. The number of esters is 1. The Hall–Kier alpha value is -1.29. The summed E-state index contributed by atoms with van der Waals surface area (Å²) in [5.41, 5.74) is 2.37. The fourth-order valence-electron chi connectivity index (χ4n) is 3.59. The molecule has 0 aliphatic heterocycles. The lowest BCUT2D eigenvalue weighted by atomic mass is 9.87. The Morgan fingerprint density at radius 1 is 1.26 bits per heavy atom. The molecule has 23 heavy (non-hydrogen) atoms. The molecule has 0 radical (unpaired) electrons. The lowest BCUT2D eigenvalue weighted by Gasteiger charge is -2.27. The Labute approximate surface area is 143 Å². The third-order valence-corrected chi connectivity index (χ3v) is 6.28. The average molecular weight is 333 g/mol. The minimum absolute atomic E-state index is 0.218. The van der Waals surface area contributed by atoms with Gasteiger partial charge in [-0.1, -0.05) is 13.0 Å². The van der Waals surface area contributed by atoms with Gasteiger partial charge in [-0.3, -0.25) is 0 Å². The lowest BCUT2D eigenvalue weighted by Crippen LogP contribution is -2.25. The Balaban J connectivity index is 1.80. The van der Waals surface area contributed by atoms with E-state index in [1.165, 1.54) is 56.1 Å². The summed E-state index contributed by atoms with van der Waals surface area (Å²) in [5.74, 6) is 0.614. The standard InChI is InChI=1S/C19H27NO2S/c1-13-8-10-15(11-9-13)20-16-12-17(14-6-4-3-5-7-14)23-18(16)19(21)22-2/h6,12-13,15,20H,3-5,7-11H2,1-2H3. The molecule has 1 saturated carbocycles. The quantitative estimate of drug-likeness (QED) is 0.741. The van der Waals surface area contributed by atoms with Crippen molar-refractivity contribution in [3.63, 3.8) is 0 Å². The first kappa shape index (κ1) is 16.6. The maximum absolute atomic E-state index is 12.2. The van der Waals surface area contributed by atoms with E-state index >= 15 is 0 Å². The van der Waals surface area contributed by atoms with E-state index in [4.69, 9.17) is 4.74 Å². The maximum Gasteiger partial charge on any atom is 0.350 e. The molecule has 0 unspecified atom stereocenters. The molecule has 2 aliphatic carbocycles. The van der Waals surface area contributed by atoms with Crippen molar-refractivity contribution in [2.75, 3.05) is 12.4 Å².